The molecule has 0 aromatic carbocycles. The summed E-state index contributed by atoms with van der Waals surface area (Å²) < 4.78 is 5.39. The number of anilines is 1. The van der Waals surface area contributed by atoms with Crippen LogP contribution in [0.2, 0.25) is 0 Å². The highest BCUT2D eigenvalue weighted by Gasteiger charge is 2.06. The van der Waals surface area contributed by atoms with E-state index in [1.807, 2.05) is 0 Å². The van der Waals surface area contributed by atoms with Gasteiger partial charge in [0.15, 0.2) is 11.5 Å². The fraction of sp³-hybridized carbons (Fsp3) is 0.500. The van der Waals surface area contributed by atoms with E-state index in [1.165, 1.54) is 6.33 Å². The SMILES string of the molecule is CCCOCCc1nc2ncnc(N)c2[nH]1. The van der Waals surface area contributed by atoms with Crippen LogP contribution in [0.3, 0.4) is 0 Å². The number of nitrogens with one attached hydrogen (secondary N) is 1. The second kappa shape index (κ2) is 4.89. The van der Waals surface area contributed by atoms with Gasteiger partial charge in [0.25, 0.3) is 0 Å². The first-order valence-corrected chi connectivity index (χ1v) is 5.34. The molecular weight excluding hydrogens is 206 g/mol. The molecule has 0 aliphatic rings. The Bertz CT molecular complexity index is 467. The van der Waals surface area contributed by atoms with Crippen LogP contribution in [-0.2, 0) is 11.2 Å². The van der Waals surface area contributed by atoms with Crippen LogP contribution in [0.1, 0.15) is 19.2 Å². The van der Waals surface area contributed by atoms with E-state index in [9.17, 15) is 0 Å². The summed E-state index contributed by atoms with van der Waals surface area (Å²) in [7, 11) is 0. The van der Waals surface area contributed by atoms with Gasteiger partial charge in [-0.1, -0.05) is 6.92 Å². The minimum Gasteiger partial charge on any atom is -0.382 e. The van der Waals surface area contributed by atoms with Gasteiger partial charge >= 0.3 is 0 Å². The average molecular weight is 221 g/mol. The number of fused-ring (bicyclic) bond motifs is 1. The normalized spacial score (nSPS) is 11.1. The third-order valence-corrected chi connectivity index (χ3v) is 2.20. The number of nitrogens with zero attached hydrogens (tertiary/aromatic N) is 3. The second-order valence-electron chi connectivity index (χ2n) is 3.50. The Balaban J connectivity index is 2.05. The highest BCUT2D eigenvalue weighted by atomic mass is 16.5. The molecule has 0 amide bonds. The van der Waals surface area contributed by atoms with Gasteiger partial charge in [0.05, 0.1) is 6.61 Å². The maximum absolute atomic E-state index is 5.69. The highest BCUT2D eigenvalue weighted by molar-refractivity contribution is 5.80. The molecule has 3 N–H and O–H groups in total. The standard InChI is InChI=1S/C10H15N5O/c1-2-4-16-5-3-7-14-8-9(11)12-6-13-10(8)15-7/h6H,2-5H2,1H3,(H3,11,12,13,14,15). The van der Waals surface area contributed by atoms with E-state index in [-0.39, 0.29) is 0 Å². The minimum absolute atomic E-state index is 0.429. The Morgan fingerprint density at radius 2 is 2.25 bits per heavy atom. The quantitative estimate of drug-likeness (QED) is 0.732. The second-order valence-corrected chi connectivity index (χ2v) is 3.50. The zero-order valence-electron chi connectivity index (χ0n) is 9.23. The molecule has 0 saturated heterocycles. The summed E-state index contributed by atoms with van der Waals surface area (Å²) in [6, 6.07) is 0. The maximum atomic E-state index is 5.69. The number of hydrogen-bond acceptors (Lipinski definition) is 5. The van der Waals surface area contributed by atoms with E-state index in [0.717, 1.165) is 25.3 Å². The molecule has 0 radical (unpaired) electrons. The van der Waals surface area contributed by atoms with Crippen molar-refractivity contribution >= 4 is 17.0 Å². The lowest BCUT2D eigenvalue weighted by atomic mass is 10.4. The molecule has 16 heavy (non-hydrogen) atoms. The smallest absolute Gasteiger partial charge is 0.183 e. The Kier molecular flexibility index (Phi) is 3.31. The molecule has 0 atom stereocenters. The lowest BCUT2D eigenvalue weighted by Crippen LogP contribution is -2.00. The van der Waals surface area contributed by atoms with Crippen LogP contribution < -0.4 is 5.73 Å². The van der Waals surface area contributed by atoms with Crippen molar-refractivity contribution in [3.05, 3.63) is 12.2 Å². The van der Waals surface area contributed by atoms with Crippen LogP contribution in [0.25, 0.3) is 11.2 Å². The van der Waals surface area contributed by atoms with Gasteiger partial charge in [-0.3, -0.25) is 0 Å². The van der Waals surface area contributed by atoms with Crippen molar-refractivity contribution in [3.63, 3.8) is 0 Å². The summed E-state index contributed by atoms with van der Waals surface area (Å²) in [5.41, 5.74) is 7.00. The minimum atomic E-state index is 0.429. The lowest BCUT2D eigenvalue weighted by molar-refractivity contribution is 0.137. The molecule has 2 aromatic rings. The van der Waals surface area contributed by atoms with Crippen LogP contribution in [0.15, 0.2) is 6.33 Å². The maximum Gasteiger partial charge on any atom is 0.183 e. The van der Waals surface area contributed by atoms with Crippen molar-refractivity contribution < 1.29 is 4.74 Å². The van der Waals surface area contributed by atoms with Crippen LogP contribution in [0.4, 0.5) is 5.82 Å². The van der Waals surface area contributed by atoms with Gasteiger partial charge in [0.1, 0.15) is 17.7 Å². The van der Waals surface area contributed by atoms with Crippen molar-refractivity contribution in [2.75, 3.05) is 18.9 Å². The number of aromatic nitrogens is 4. The number of ether oxygens (including phenoxy) is 1. The number of hydrogen-bond donors (Lipinski definition) is 2. The van der Waals surface area contributed by atoms with Gasteiger partial charge in [-0.2, -0.15) is 0 Å². The molecule has 0 bridgehead atoms. The van der Waals surface area contributed by atoms with Crippen molar-refractivity contribution in [1.29, 1.82) is 0 Å². The van der Waals surface area contributed by atoms with E-state index in [4.69, 9.17) is 10.5 Å². The topological polar surface area (TPSA) is 89.7 Å². The number of nitrogen functional groups attached to an aromatic ring is 1. The lowest BCUT2D eigenvalue weighted by Gasteiger charge is -1.98. The zero-order valence-corrected chi connectivity index (χ0v) is 9.23. The fourth-order valence-electron chi connectivity index (χ4n) is 1.43. The molecule has 0 unspecified atom stereocenters. The van der Waals surface area contributed by atoms with Gasteiger partial charge in [-0.05, 0) is 6.42 Å². The van der Waals surface area contributed by atoms with Crippen molar-refractivity contribution in [1.82, 2.24) is 19.9 Å². The summed E-state index contributed by atoms with van der Waals surface area (Å²) in [5.74, 6) is 1.26. The van der Waals surface area contributed by atoms with Gasteiger partial charge in [0, 0.05) is 13.0 Å². The molecule has 0 fully saturated rings. The molecule has 2 rings (SSSR count). The van der Waals surface area contributed by atoms with Crippen LogP contribution in [0, 0.1) is 0 Å². The van der Waals surface area contributed by atoms with E-state index < -0.39 is 0 Å². The van der Waals surface area contributed by atoms with Crippen molar-refractivity contribution in [2.24, 2.45) is 0 Å². The van der Waals surface area contributed by atoms with Crippen LogP contribution >= 0.6 is 0 Å². The summed E-state index contributed by atoms with van der Waals surface area (Å²) in [6.07, 6.45) is 3.17. The molecule has 86 valence electrons. The number of nitrogens with two attached hydrogens (primary N) is 1. The predicted octanol–water partition coefficient (Wildman–Crippen LogP) is 0.904. The Labute approximate surface area is 93.3 Å². The molecule has 0 aliphatic carbocycles. The summed E-state index contributed by atoms with van der Waals surface area (Å²) in [4.78, 5) is 15.3. The van der Waals surface area contributed by atoms with Crippen LogP contribution in [-0.4, -0.2) is 33.1 Å². The van der Waals surface area contributed by atoms with E-state index >= 15 is 0 Å². The Morgan fingerprint density at radius 3 is 3.00 bits per heavy atom. The van der Waals surface area contributed by atoms with E-state index in [1.54, 1.807) is 0 Å². The van der Waals surface area contributed by atoms with Crippen molar-refractivity contribution in [2.45, 2.75) is 19.8 Å². The molecule has 0 aliphatic heterocycles. The zero-order chi connectivity index (χ0) is 11.4. The van der Waals surface area contributed by atoms with Gasteiger partial charge in [0.2, 0.25) is 0 Å². The van der Waals surface area contributed by atoms with E-state index in [0.29, 0.717) is 23.6 Å². The highest BCUT2D eigenvalue weighted by Crippen LogP contribution is 2.13. The molecule has 2 aromatic heterocycles. The van der Waals surface area contributed by atoms with Crippen molar-refractivity contribution in [3.8, 4) is 0 Å². The van der Waals surface area contributed by atoms with Gasteiger partial charge in [-0.15, -0.1) is 0 Å². The largest absolute Gasteiger partial charge is 0.382 e. The Morgan fingerprint density at radius 1 is 1.38 bits per heavy atom. The predicted molar refractivity (Wildman–Crippen MR) is 60.9 cm³/mol. The summed E-state index contributed by atoms with van der Waals surface area (Å²) in [5, 5.41) is 0. The first kappa shape index (κ1) is 10.8. The first-order chi connectivity index (χ1) is 7.81. The number of imidazole rings is 1. The summed E-state index contributed by atoms with van der Waals surface area (Å²) >= 11 is 0. The molecule has 6 nitrogen and oxygen atoms in total. The fourth-order valence-corrected chi connectivity index (χ4v) is 1.43. The average Bonchev–Trinajstić information content (AvgIpc) is 2.69. The first-order valence-electron chi connectivity index (χ1n) is 5.34. The van der Waals surface area contributed by atoms with Gasteiger partial charge in [-0.25, -0.2) is 15.0 Å². The third-order valence-electron chi connectivity index (χ3n) is 2.20. The number of H-pyrrole nitrogens is 1. The molecule has 0 saturated carbocycles. The van der Waals surface area contributed by atoms with Gasteiger partial charge < -0.3 is 15.5 Å². The molecule has 0 spiro atoms. The number of rotatable bonds is 5. The Hall–Kier alpha value is -1.69. The van der Waals surface area contributed by atoms with E-state index in [2.05, 4.69) is 26.9 Å². The molecular formula is C10H15N5O. The molecule has 6 heteroatoms. The number of aromatic amines is 1. The van der Waals surface area contributed by atoms with Crippen LogP contribution in [0.5, 0.6) is 0 Å². The molecule has 2 heterocycles. The third kappa shape index (κ3) is 2.27. The monoisotopic (exact) mass is 221 g/mol. The summed E-state index contributed by atoms with van der Waals surface area (Å²) in [6.45, 7) is 3.51.